The van der Waals surface area contributed by atoms with Crippen LogP contribution in [0, 0.1) is 5.82 Å². The fourth-order valence-corrected chi connectivity index (χ4v) is 3.61. The van der Waals surface area contributed by atoms with Crippen LogP contribution in [-0.2, 0) is 4.79 Å². The number of benzene rings is 1. The maximum Gasteiger partial charge on any atom is 0.258 e. The number of hydrogen-bond acceptors (Lipinski definition) is 4. The highest BCUT2D eigenvalue weighted by Gasteiger charge is 2.18. The molecule has 6 heteroatoms. The van der Waals surface area contributed by atoms with E-state index in [4.69, 9.17) is 4.74 Å². The van der Waals surface area contributed by atoms with Crippen LogP contribution in [0.2, 0.25) is 0 Å². The standard InChI is InChI=1S/C17H14FNO2S2/c18-13-4-1-2-5-14(13)21-10-16(20)19-17(12-7-9-22-11-12)15-6-3-8-23-15/h1-9,11,17H,10H2,(H,19,20)/t17-/m0/s1. The lowest BCUT2D eigenvalue weighted by molar-refractivity contribution is -0.123. The van der Waals surface area contributed by atoms with Gasteiger partial charge in [0.2, 0.25) is 0 Å². The average molecular weight is 347 g/mol. The van der Waals surface area contributed by atoms with Crippen LogP contribution in [0.1, 0.15) is 16.5 Å². The quantitative estimate of drug-likeness (QED) is 0.724. The molecule has 3 nitrogen and oxygen atoms in total. The van der Waals surface area contributed by atoms with E-state index in [1.165, 1.54) is 12.1 Å². The molecule has 3 rings (SSSR count). The highest BCUT2D eigenvalue weighted by Crippen LogP contribution is 2.27. The first-order chi connectivity index (χ1) is 11.2. The van der Waals surface area contributed by atoms with Gasteiger partial charge < -0.3 is 10.1 Å². The Kier molecular flexibility index (Phi) is 5.05. The van der Waals surface area contributed by atoms with Crippen LogP contribution in [0.25, 0.3) is 0 Å². The van der Waals surface area contributed by atoms with Gasteiger partial charge in [0.1, 0.15) is 0 Å². The molecule has 3 aromatic rings. The summed E-state index contributed by atoms with van der Waals surface area (Å²) in [6, 6.07) is 11.7. The molecule has 1 amide bonds. The van der Waals surface area contributed by atoms with Crippen LogP contribution in [0.15, 0.2) is 58.6 Å². The molecule has 0 aliphatic heterocycles. The Morgan fingerprint density at radius 1 is 1.17 bits per heavy atom. The van der Waals surface area contributed by atoms with Gasteiger partial charge in [-0.05, 0) is 46.0 Å². The van der Waals surface area contributed by atoms with Gasteiger partial charge in [-0.1, -0.05) is 18.2 Å². The number of carbonyl (C=O) groups is 1. The van der Waals surface area contributed by atoms with Gasteiger partial charge in [0, 0.05) is 4.88 Å². The topological polar surface area (TPSA) is 38.3 Å². The molecule has 0 unspecified atom stereocenters. The molecule has 1 atom stereocenters. The zero-order valence-electron chi connectivity index (χ0n) is 12.1. The third-order valence-electron chi connectivity index (χ3n) is 3.20. The number of thiophene rings is 2. The van der Waals surface area contributed by atoms with Crippen molar-refractivity contribution >= 4 is 28.6 Å². The summed E-state index contributed by atoms with van der Waals surface area (Å²) in [4.78, 5) is 13.2. The number of rotatable bonds is 6. The predicted molar refractivity (Wildman–Crippen MR) is 90.5 cm³/mol. The molecule has 0 spiro atoms. The van der Waals surface area contributed by atoms with E-state index in [1.54, 1.807) is 34.8 Å². The van der Waals surface area contributed by atoms with E-state index in [0.717, 1.165) is 10.4 Å². The van der Waals surface area contributed by atoms with Crippen LogP contribution in [-0.4, -0.2) is 12.5 Å². The third-order valence-corrected chi connectivity index (χ3v) is 4.84. The number of para-hydroxylation sites is 1. The first-order valence-corrected chi connectivity index (χ1v) is 8.78. The minimum Gasteiger partial charge on any atom is -0.481 e. The Labute approximate surface area is 141 Å². The second-order valence-corrected chi connectivity index (χ2v) is 6.55. The van der Waals surface area contributed by atoms with Gasteiger partial charge >= 0.3 is 0 Å². The summed E-state index contributed by atoms with van der Waals surface area (Å²) in [5.74, 6) is -0.698. The largest absolute Gasteiger partial charge is 0.481 e. The van der Waals surface area contributed by atoms with E-state index >= 15 is 0 Å². The summed E-state index contributed by atoms with van der Waals surface area (Å²) >= 11 is 3.15. The molecule has 0 saturated carbocycles. The van der Waals surface area contributed by atoms with Crippen molar-refractivity contribution in [2.24, 2.45) is 0 Å². The minimum absolute atomic E-state index is 0.0749. The summed E-state index contributed by atoms with van der Waals surface area (Å²) in [5.41, 5.74) is 1.02. The number of hydrogen-bond donors (Lipinski definition) is 1. The molecule has 23 heavy (non-hydrogen) atoms. The molecule has 1 N–H and O–H groups in total. The Balaban J connectivity index is 1.66. The fourth-order valence-electron chi connectivity index (χ4n) is 2.12. The van der Waals surface area contributed by atoms with Gasteiger partial charge in [0.15, 0.2) is 18.2 Å². The Bertz CT molecular complexity index is 723. The van der Waals surface area contributed by atoms with E-state index in [1.807, 2.05) is 34.3 Å². The Morgan fingerprint density at radius 3 is 2.74 bits per heavy atom. The number of carbonyl (C=O) groups excluding carboxylic acids is 1. The van der Waals surface area contributed by atoms with Gasteiger partial charge in [-0.25, -0.2) is 4.39 Å². The molecule has 0 bridgehead atoms. The zero-order valence-corrected chi connectivity index (χ0v) is 13.7. The van der Waals surface area contributed by atoms with Crippen molar-refractivity contribution in [2.75, 3.05) is 6.61 Å². The first kappa shape index (κ1) is 15.7. The molecular weight excluding hydrogens is 333 g/mol. The van der Waals surface area contributed by atoms with E-state index < -0.39 is 5.82 Å². The minimum atomic E-state index is -0.479. The van der Waals surface area contributed by atoms with E-state index in [0.29, 0.717) is 0 Å². The molecule has 2 heterocycles. The highest BCUT2D eigenvalue weighted by molar-refractivity contribution is 7.10. The number of nitrogens with one attached hydrogen (secondary N) is 1. The second-order valence-electron chi connectivity index (χ2n) is 4.79. The summed E-state index contributed by atoms with van der Waals surface area (Å²) < 4.78 is 18.7. The maximum atomic E-state index is 13.5. The van der Waals surface area contributed by atoms with Crippen LogP contribution in [0.3, 0.4) is 0 Å². The van der Waals surface area contributed by atoms with Crippen LogP contribution in [0.4, 0.5) is 4.39 Å². The monoisotopic (exact) mass is 347 g/mol. The molecule has 2 aromatic heterocycles. The summed E-state index contributed by atoms with van der Waals surface area (Å²) in [7, 11) is 0. The third kappa shape index (κ3) is 3.97. The predicted octanol–water partition coefficient (Wildman–Crippen LogP) is 4.23. The molecule has 0 radical (unpaired) electrons. The van der Waals surface area contributed by atoms with Crippen molar-refractivity contribution in [3.8, 4) is 5.75 Å². The highest BCUT2D eigenvalue weighted by atomic mass is 32.1. The normalized spacial score (nSPS) is 11.9. The molecular formula is C17H14FNO2S2. The average Bonchev–Trinajstić information content (AvgIpc) is 3.25. The van der Waals surface area contributed by atoms with Crippen LogP contribution in [0.5, 0.6) is 5.75 Å². The molecule has 0 aliphatic rings. The van der Waals surface area contributed by atoms with Crippen molar-refractivity contribution < 1.29 is 13.9 Å². The summed E-state index contributed by atoms with van der Waals surface area (Å²) in [5, 5.41) is 8.88. The molecule has 1 aromatic carbocycles. The van der Waals surface area contributed by atoms with Crippen molar-refractivity contribution in [1.29, 1.82) is 0 Å². The number of halogens is 1. The first-order valence-electron chi connectivity index (χ1n) is 6.96. The summed E-state index contributed by atoms with van der Waals surface area (Å²) in [6.45, 7) is -0.229. The molecule has 0 saturated heterocycles. The van der Waals surface area contributed by atoms with Crippen LogP contribution >= 0.6 is 22.7 Å². The lowest BCUT2D eigenvalue weighted by atomic mass is 10.1. The Morgan fingerprint density at radius 2 is 2.04 bits per heavy atom. The number of amides is 1. The van der Waals surface area contributed by atoms with Crippen molar-refractivity contribution in [3.63, 3.8) is 0 Å². The maximum absolute atomic E-state index is 13.5. The van der Waals surface area contributed by atoms with E-state index in [9.17, 15) is 9.18 Å². The number of ether oxygens (including phenoxy) is 1. The van der Waals surface area contributed by atoms with Gasteiger partial charge in [-0.2, -0.15) is 11.3 Å². The van der Waals surface area contributed by atoms with E-state index in [2.05, 4.69) is 5.32 Å². The molecule has 0 aliphatic carbocycles. The van der Waals surface area contributed by atoms with Gasteiger partial charge in [-0.15, -0.1) is 11.3 Å². The molecule has 0 fully saturated rings. The van der Waals surface area contributed by atoms with Crippen molar-refractivity contribution in [3.05, 3.63) is 74.9 Å². The van der Waals surface area contributed by atoms with Crippen LogP contribution < -0.4 is 10.1 Å². The van der Waals surface area contributed by atoms with Gasteiger partial charge in [0.25, 0.3) is 5.91 Å². The Hall–Kier alpha value is -2.18. The molecule has 118 valence electrons. The lowest BCUT2D eigenvalue weighted by Gasteiger charge is -2.17. The lowest BCUT2D eigenvalue weighted by Crippen LogP contribution is -2.32. The summed E-state index contributed by atoms with van der Waals surface area (Å²) in [6.07, 6.45) is 0. The zero-order chi connectivity index (χ0) is 16.1. The smallest absolute Gasteiger partial charge is 0.258 e. The second kappa shape index (κ2) is 7.39. The van der Waals surface area contributed by atoms with Gasteiger partial charge in [0.05, 0.1) is 6.04 Å². The van der Waals surface area contributed by atoms with Gasteiger partial charge in [-0.3, -0.25) is 4.79 Å². The van der Waals surface area contributed by atoms with E-state index in [-0.39, 0.29) is 24.3 Å². The van der Waals surface area contributed by atoms with Crippen molar-refractivity contribution in [2.45, 2.75) is 6.04 Å². The SMILES string of the molecule is O=C(COc1ccccc1F)N[C@@H](c1ccsc1)c1cccs1. The van der Waals surface area contributed by atoms with Crippen molar-refractivity contribution in [1.82, 2.24) is 5.32 Å². The fraction of sp³-hybridized carbons (Fsp3) is 0.118.